The largest absolute Gasteiger partial charge is 0.469 e. The van der Waals surface area contributed by atoms with Gasteiger partial charge in [0, 0.05) is 0 Å². The van der Waals surface area contributed by atoms with Crippen LogP contribution in [0.4, 0.5) is 0 Å². The number of esters is 1. The SMILES string of the molecule is COC(=O)C(C)C1(O)CCCS(=O)(=O)C1. The van der Waals surface area contributed by atoms with E-state index in [0.717, 1.165) is 0 Å². The molecule has 1 N–H and O–H groups in total. The summed E-state index contributed by atoms with van der Waals surface area (Å²) in [6.07, 6.45) is 0.711. The Morgan fingerprint density at radius 2 is 2.13 bits per heavy atom. The summed E-state index contributed by atoms with van der Waals surface area (Å²) < 4.78 is 27.2. The summed E-state index contributed by atoms with van der Waals surface area (Å²) in [5, 5.41) is 10.1. The van der Waals surface area contributed by atoms with Gasteiger partial charge in [0.25, 0.3) is 0 Å². The van der Waals surface area contributed by atoms with E-state index in [-0.39, 0.29) is 11.5 Å². The predicted molar refractivity (Wildman–Crippen MR) is 54.0 cm³/mol. The molecule has 0 saturated carbocycles. The summed E-state index contributed by atoms with van der Waals surface area (Å²) in [5.41, 5.74) is -1.47. The van der Waals surface area contributed by atoms with Gasteiger partial charge in [0.2, 0.25) is 0 Å². The van der Waals surface area contributed by atoms with Gasteiger partial charge < -0.3 is 9.84 Å². The zero-order chi connectivity index (χ0) is 11.7. The Hall–Kier alpha value is -0.620. The minimum atomic E-state index is -3.23. The highest BCUT2D eigenvalue weighted by atomic mass is 32.2. The van der Waals surface area contributed by atoms with Crippen molar-refractivity contribution in [2.75, 3.05) is 18.6 Å². The number of methoxy groups -OCH3 is 1. The quantitative estimate of drug-likeness (QED) is 0.668. The molecule has 1 saturated heterocycles. The van der Waals surface area contributed by atoms with Crippen LogP contribution in [0.25, 0.3) is 0 Å². The Labute approximate surface area is 89.3 Å². The van der Waals surface area contributed by atoms with E-state index in [1.165, 1.54) is 14.0 Å². The molecular weight excluding hydrogens is 220 g/mol. The molecule has 1 rings (SSSR count). The smallest absolute Gasteiger partial charge is 0.311 e. The van der Waals surface area contributed by atoms with E-state index in [4.69, 9.17) is 0 Å². The standard InChI is InChI=1S/C9H16O5S/c1-7(8(10)14-2)9(11)4-3-5-15(12,13)6-9/h7,11H,3-6H2,1-2H3. The third-order valence-corrected chi connectivity index (χ3v) is 4.75. The summed E-state index contributed by atoms with van der Waals surface area (Å²) in [7, 11) is -2.01. The van der Waals surface area contributed by atoms with Crippen LogP contribution in [0.15, 0.2) is 0 Å². The molecule has 88 valence electrons. The van der Waals surface area contributed by atoms with Gasteiger partial charge in [0.05, 0.1) is 30.1 Å². The highest BCUT2D eigenvalue weighted by Crippen LogP contribution is 2.30. The summed E-state index contributed by atoms with van der Waals surface area (Å²) in [6, 6.07) is 0. The molecule has 0 radical (unpaired) electrons. The second-order valence-corrected chi connectivity index (χ2v) is 6.23. The number of carbonyl (C=O) groups is 1. The van der Waals surface area contributed by atoms with Crippen LogP contribution in [0.5, 0.6) is 0 Å². The van der Waals surface area contributed by atoms with Gasteiger partial charge in [-0.25, -0.2) is 8.42 Å². The van der Waals surface area contributed by atoms with E-state index in [1.807, 2.05) is 0 Å². The van der Waals surface area contributed by atoms with Gasteiger partial charge >= 0.3 is 5.97 Å². The van der Waals surface area contributed by atoms with Crippen molar-refractivity contribution in [1.29, 1.82) is 0 Å². The van der Waals surface area contributed by atoms with Crippen LogP contribution in [-0.4, -0.2) is 43.7 Å². The Bertz CT molecular complexity index is 348. The minimum Gasteiger partial charge on any atom is -0.469 e. The van der Waals surface area contributed by atoms with Gasteiger partial charge in [0.15, 0.2) is 9.84 Å². The molecule has 1 aliphatic heterocycles. The first-order chi connectivity index (χ1) is 6.81. The lowest BCUT2D eigenvalue weighted by molar-refractivity contribution is -0.153. The Balaban J connectivity index is 2.87. The highest BCUT2D eigenvalue weighted by molar-refractivity contribution is 7.91. The molecule has 0 aliphatic carbocycles. The van der Waals surface area contributed by atoms with Gasteiger partial charge in [-0.2, -0.15) is 0 Å². The van der Waals surface area contributed by atoms with Gasteiger partial charge in [-0.05, 0) is 19.8 Å². The second kappa shape index (κ2) is 4.09. The second-order valence-electron chi connectivity index (χ2n) is 4.04. The van der Waals surface area contributed by atoms with Gasteiger partial charge in [-0.1, -0.05) is 0 Å². The van der Waals surface area contributed by atoms with Crippen molar-refractivity contribution in [1.82, 2.24) is 0 Å². The Morgan fingerprint density at radius 1 is 1.53 bits per heavy atom. The maximum atomic E-state index is 11.4. The number of rotatable bonds is 2. The summed E-state index contributed by atoms with van der Waals surface area (Å²) in [4.78, 5) is 11.3. The fourth-order valence-corrected chi connectivity index (χ4v) is 3.75. The van der Waals surface area contributed by atoms with E-state index in [0.29, 0.717) is 12.8 Å². The van der Waals surface area contributed by atoms with E-state index in [2.05, 4.69) is 4.74 Å². The van der Waals surface area contributed by atoms with Crippen molar-refractivity contribution >= 4 is 15.8 Å². The topological polar surface area (TPSA) is 80.7 Å². The molecule has 0 spiro atoms. The first-order valence-electron chi connectivity index (χ1n) is 4.81. The number of aliphatic hydroxyl groups is 1. The van der Waals surface area contributed by atoms with Crippen LogP contribution >= 0.6 is 0 Å². The van der Waals surface area contributed by atoms with E-state index in [9.17, 15) is 18.3 Å². The van der Waals surface area contributed by atoms with Gasteiger partial charge in [0.1, 0.15) is 0 Å². The molecule has 6 heteroatoms. The summed E-state index contributed by atoms with van der Waals surface area (Å²) in [6.45, 7) is 1.49. The molecule has 15 heavy (non-hydrogen) atoms. The number of hydrogen-bond donors (Lipinski definition) is 1. The molecule has 2 atom stereocenters. The van der Waals surface area contributed by atoms with Crippen LogP contribution in [0.3, 0.4) is 0 Å². The van der Waals surface area contributed by atoms with E-state index >= 15 is 0 Å². The normalized spacial score (nSPS) is 31.9. The van der Waals surface area contributed by atoms with Crippen molar-refractivity contribution in [2.24, 2.45) is 5.92 Å². The summed E-state index contributed by atoms with van der Waals surface area (Å²) >= 11 is 0. The van der Waals surface area contributed by atoms with Gasteiger partial charge in [-0.15, -0.1) is 0 Å². The lowest BCUT2D eigenvalue weighted by Gasteiger charge is -2.35. The average molecular weight is 236 g/mol. The molecule has 1 heterocycles. The third-order valence-electron chi connectivity index (χ3n) is 2.90. The van der Waals surface area contributed by atoms with Crippen LogP contribution in [-0.2, 0) is 19.4 Å². The number of sulfone groups is 1. The maximum Gasteiger partial charge on any atom is 0.311 e. The number of hydrogen-bond acceptors (Lipinski definition) is 5. The zero-order valence-corrected chi connectivity index (χ0v) is 9.71. The van der Waals surface area contributed by atoms with Crippen LogP contribution in [0.2, 0.25) is 0 Å². The van der Waals surface area contributed by atoms with Crippen molar-refractivity contribution in [3.05, 3.63) is 0 Å². The Morgan fingerprint density at radius 3 is 2.60 bits per heavy atom. The number of ether oxygens (including phenoxy) is 1. The molecule has 0 bridgehead atoms. The molecule has 1 aliphatic rings. The average Bonchev–Trinajstić information content (AvgIpc) is 2.13. The molecule has 5 nitrogen and oxygen atoms in total. The maximum absolute atomic E-state index is 11.4. The molecule has 0 amide bonds. The summed E-state index contributed by atoms with van der Waals surface area (Å²) in [5.74, 6) is -1.65. The van der Waals surface area contributed by atoms with Crippen molar-refractivity contribution in [3.8, 4) is 0 Å². The van der Waals surface area contributed by atoms with E-state index in [1.54, 1.807) is 0 Å². The fourth-order valence-electron chi connectivity index (χ4n) is 1.86. The van der Waals surface area contributed by atoms with Crippen molar-refractivity contribution < 1.29 is 23.1 Å². The van der Waals surface area contributed by atoms with Gasteiger partial charge in [-0.3, -0.25) is 4.79 Å². The molecule has 1 fully saturated rings. The van der Waals surface area contributed by atoms with Crippen molar-refractivity contribution in [2.45, 2.75) is 25.4 Å². The molecular formula is C9H16O5S. The van der Waals surface area contributed by atoms with E-state index < -0.39 is 27.3 Å². The fraction of sp³-hybridized carbons (Fsp3) is 0.889. The lowest BCUT2D eigenvalue weighted by atomic mass is 9.86. The predicted octanol–water partition coefficient (Wildman–Crippen LogP) is -0.265. The number of carbonyl (C=O) groups excluding carboxylic acids is 1. The van der Waals surface area contributed by atoms with Crippen LogP contribution in [0, 0.1) is 5.92 Å². The van der Waals surface area contributed by atoms with Crippen LogP contribution in [0.1, 0.15) is 19.8 Å². The third kappa shape index (κ3) is 2.69. The molecule has 0 aromatic heterocycles. The zero-order valence-electron chi connectivity index (χ0n) is 8.89. The first kappa shape index (κ1) is 12.4. The highest BCUT2D eigenvalue weighted by Gasteiger charge is 2.44. The Kier molecular flexibility index (Phi) is 3.40. The molecule has 2 unspecified atom stereocenters. The lowest BCUT2D eigenvalue weighted by Crippen LogP contribution is -2.50. The first-order valence-corrected chi connectivity index (χ1v) is 6.63. The monoisotopic (exact) mass is 236 g/mol. The van der Waals surface area contributed by atoms with Crippen LogP contribution < -0.4 is 0 Å². The minimum absolute atomic E-state index is 0.0865. The molecule has 0 aromatic rings. The molecule has 0 aromatic carbocycles. The van der Waals surface area contributed by atoms with Crippen molar-refractivity contribution in [3.63, 3.8) is 0 Å².